The SMILES string of the molecule is C[C@@H](COc1ccnc2c1[C@H](C)CCC2)C[C@H]1Cc2ccc(OCCCC(=O)N[C@@H](C)c3cccc(-c4cccnc4)c3)cc2C12CCC(Nc1cccc(Cl)c1)(C(=O)O)CC2. The van der Waals surface area contributed by atoms with Gasteiger partial charge in [-0.1, -0.05) is 61.8 Å². The normalized spacial score (nSPS) is 22.5. The van der Waals surface area contributed by atoms with Crippen LogP contribution in [0.15, 0.2) is 104 Å². The lowest BCUT2D eigenvalue weighted by Gasteiger charge is -2.47. The third kappa shape index (κ3) is 9.48. The lowest BCUT2D eigenvalue weighted by molar-refractivity contribution is -0.144. The fraction of sp³-hybridized carbons (Fsp3) is 0.423. The van der Waals surface area contributed by atoms with Gasteiger partial charge in [-0.25, -0.2) is 4.79 Å². The standard InChI is InChI=1S/C52H59ClN4O5/c1-34(33-62-47-19-25-55-46-15-4-9-35(2)49(46)47)27-41-29-39-17-18-44(31-45(39)51(41)20-22-52(23-21-51,50(59)60)57-43-14-6-13-42(53)30-43)61-26-8-16-48(58)56-36(3)37-10-5-11-38(28-37)40-12-7-24-54-32-40/h5-7,10-14,17-19,24-25,28,30-32,34-36,41,57H,4,8-9,15-16,20-23,26-27,29,33H2,1-3H3,(H,56,58)(H,59,60)/t34-,35-,36+,41+,51?,52?/m1/s1. The Kier molecular flexibility index (Phi) is 13.2. The molecule has 62 heavy (non-hydrogen) atoms. The maximum atomic E-state index is 13.1. The van der Waals surface area contributed by atoms with Gasteiger partial charge in [0.15, 0.2) is 0 Å². The van der Waals surface area contributed by atoms with Crippen LogP contribution in [-0.4, -0.2) is 45.7 Å². The third-order valence-corrected chi connectivity index (χ3v) is 14.1. The third-order valence-electron chi connectivity index (χ3n) is 13.8. The average Bonchev–Trinajstić information content (AvgIpc) is 3.56. The zero-order valence-corrected chi connectivity index (χ0v) is 36.9. The Morgan fingerprint density at radius 1 is 0.935 bits per heavy atom. The number of amides is 1. The van der Waals surface area contributed by atoms with E-state index in [1.165, 1.54) is 22.4 Å². The first-order chi connectivity index (χ1) is 30.0. The molecule has 9 nitrogen and oxygen atoms in total. The molecule has 1 saturated carbocycles. The predicted molar refractivity (Wildman–Crippen MR) is 245 cm³/mol. The van der Waals surface area contributed by atoms with E-state index in [9.17, 15) is 14.7 Å². The molecule has 10 heteroatoms. The van der Waals surface area contributed by atoms with Crippen LogP contribution in [0.5, 0.6) is 11.5 Å². The summed E-state index contributed by atoms with van der Waals surface area (Å²) >= 11 is 6.32. The predicted octanol–water partition coefficient (Wildman–Crippen LogP) is 11.3. The summed E-state index contributed by atoms with van der Waals surface area (Å²) in [6.07, 6.45) is 14.0. The van der Waals surface area contributed by atoms with Crippen molar-refractivity contribution < 1.29 is 24.2 Å². The Bertz CT molecular complexity index is 2360. The highest BCUT2D eigenvalue weighted by Gasteiger charge is 2.54. The molecule has 0 radical (unpaired) electrons. The fourth-order valence-electron chi connectivity index (χ4n) is 10.5. The summed E-state index contributed by atoms with van der Waals surface area (Å²) in [5.41, 5.74) is 7.54. The first-order valence-corrected chi connectivity index (χ1v) is 22.8. The van der Waals surface area contributed by atoms with Crippen LogP contribution in [0.2, 0.25) is 5.02 Å². The van der Waals surface area contributed by atoms with E-state index in [0.29, 0.717) is 61.4 Å². The number of carbonyl (C=O) groups excluding carboxylic acids is 1. The monoisotopic (exact) mass is 854 g/mol. The molecule has 1 amide bonds. The maximum absolute atomic E-state index is 13.1. The molecule has 2 aromatic heterocycles. The highest BCUT2D eigenvalue weighted by molar-refractivity contribution is 6.30. The number of pyridine rings is 2. The van der Waals surface area contributed by atoms with Crippen molar-refractivity contribution in [3.8, 4) is 22.6 Å². The van der Waals surface area contributed by atoms with Gasteiger partial charge in [-0.05, 0) is 171 Å². The van der Waals surface area contributed by atoms with Crippen molar-refractivity contribution in [1.82, 2.24) is 15.3 Å². The number of rotatable bonds is 16. The number of aryl methyl sites for hydroxylation is 1. The van der Waals surface area contributed by atoms with Crippen molar-refractivity contribution in [2.75, 3.05) is 18.5 Å². The molecule has 8 rings (SSSR count). The van der Waals surface area contributed by atoms with E-state index in [-0.39, 0.29) is 23.3 Å². The Morgan fingerprint density at radius 2 is 1.76 bits per heavy atom. The number of nitrogens with zero attached hydrogens (tertiary/aromatic N) is 2. The van der Waals surface area contributed by atoms with Crippen LogP contribution in [0, 0.1) is 11.8 Å². The minimum atomic E-state index is -1.11. The maximum Gasteiger partial charge on any atom is 0.329 e. The quantitative estimate of drug-likeness (QED) is 0.0839. The second-order valence-electron chi connectivity index (χ2n) is 18.1. The van der Waals surface area contributed by atoms with E-state index >= 15 is 0 Å². The number of nitrogens with one attached hydrogen (secondary N) is 2. The van der Waals surface area contributed by atoms with Crippen LogP contribution in [0.1, 0.15) is 118 Å². The second kappa shape index (κ2) is 18.9. The summed E-state index contributed by atoms with van der Waals surface area (Å²) in [7, 11) is 0. The topological polar surface area (TPSA) is 123 Å². The van der Waals surface area contributed by atoms with E-state index < -0.39 is 11.5 Å². The number of aromatic nitrogens is 2. The van der Waals surface area contributed by atoms with Crippen LogP contribution in [0.3, 0.4) is 0 Å². The molecule has 1 spiro atoms. The van der Waals surface area contributed by atoms with E-state index in [1.807, 2.05) is 61.8 Å². The molecule has 3 aromatic carbocycles. The Morgan fingerprint density at radius 3 is 2.55 bits per heavy atom. The molecule has 3 aliphatic rings. The Labute approximate surface area is 371 Å². The largest absolute Gasteiger partial charge is 0.494 e. The van der Waals surface area contributed by atoms with Gasteiger partial charge in [0.1, 0.15) is 17.0 Å². The number of fused-ring (bicyclic) bond motifs is 3. The lowest BCUT2D eigenvalue weighted by atomic mass is 9.59. The molecule has 324 valence electrons. The van der Waals surface area contributed by atoms with Crippen LogP contribution >= 0.6 is 11.6 Å². The Balaban J connectivity index is 0.938. The number of halogens is 1. The minimum absolute atomic E-state index is 0.0180. The van der Waals surface area contributed by atoms with Gasteiger partial charge in [0.25, 0.3) is 0 Å². The summed E-state index contributed by atoms with van der Waals surface area (Å²) < 4.78 is 13.0. The zero-order chi connectivity index (χ0) is 43.3. The van der Waals surface area contributed by atoms with Gasteiger partial charge in [-0.2, -0.15) is 0 Å². The highest BCUT2D eigenvalue weighted by Crippen LogP contribution is 2.57. The van der Waals surface area contributed by atoms with Crippen LogP contribution in [0.4, 0.5) is 5.69 Å². The molecule has 0 unspecified atom stereocenters. The van der Waals surface area contributed by atoms with E-state index in [0.717, 1.165) is 73.1 Å². The van der Waals surface area contributed by atoms with E-state index in [4.69, 9.17) is 21.1 Å². The number of hydrogen-bond acceptors (Lipinski definition) is 7. The van der Waals surface area contributed by atoms with Crippen molar-refractivity contribution in [2.24, 2.45) is 11.8 Å². The molecular formula is C52H59ClN4O5. The number of hydrogen-bond donors (Lipinski definition) is 3. The van der Waals surface area contributed by atoms with Crippen molar-refractivity contribution in [3.63, 3.8) is 0 Å². The molecule has 0 bridgehead atoms. The lowest BCUT2D eigenvalue weighted by Crippen LogP contribution is -2.53. The summed E-state index contributed by atoms with van der Waals surface area (Å²) in [6, 6.07) is 27.8. The number of ether oxygens (including phenoxy) is 2. The van der Waals surface area contributed by atoms with Gasteiger partial charge in [-0.3, -0.25) is 14.8 Å². The van der Waals surface area contributed by atoms with Crippen molar-refractivity contribution in [3.05, 3.63) is 136 Å². The number of anilines is 1. The summed E-state index contributed by atoms with van der Waals surface area (Å²) in [5.74, 6) is 1.92. The number of carboxylic acid groups (broad SMARTS) is 1. The molecule has 1 fully saturated rings. The van der Waals surface area contributed by atoms with E-state index in [1.54, 1.807) is 18.3 Å². The van der Waals surface area contributed by atoms with Gasteiger partial charge in [0.05, 0.1) is 19.3 Å². The first kappa shape index (κ1) is 43.2. The van der Waals surface area contributed by atoms with Gasteiger partial charge in [-0.15, -0.1) is 0 Å². The Hall–Kier alpha value is -5.41. The molecule has 2 heterocycles. The van der Waals surface area contributed by atoms with E-state index in [2.05, 4.69) is 64.8 Å². The molecule has 3 aliphatic carbocycles. The molecule has 5 aromatic rings. The van der Waals surface area contributed by atoms with Gasteiger partial charge in [0, 0.05) is 47.0 Å². The number of aliphatic carboxylic acids is 1. The van der Waals surface area contributed by atoms with Crippen LogP contribution < -0.4 is 20.1 Å². The summed E-state index contributed by atoms with van der Waals surface area (Å²) in [6.45, 7) is 7.58. The van der Waals surface area contributed by atoms with Crippen molar-refractivity contribution in [2.45, 2.75) is 114 Å². The molecule has 0 aliphatic heterocycles. The van der Waals surface area contributed by atoms with Crippen LogP contribution in [0.25, 0.3) is 11.1 Å². The number of carbonyl (C=O) groups is 2. The minimum Gasteiger partial charge on any atom is -0.494 e. The van der Waals surface area contributed by atoms with Gasteiger partial charge in [0.2, 0.25) is 5.91 Å². The fourth-order valence-corrected chi connectivity index (χ4v) is 10.7. The van der Waals surface area contributed by atoms with Crippen LogP contribution in [-0.2, 0) is 27.8 Å². The first-order valence-electron chi connectivity index (χ1n) is 22.5. The second-order valence-corrected chi connectivity index (χ2v) is 18.6. The number of carboxylic acids is 1. The van der Waals surface area contributed by atoms with Crippen molar-refractivity contribution >= 4 is 29.2 Å². The summed E-state index contributed by atoms with van der Waals surface area (Å²) in [4.78, 5) is 35.1. The molecular weight excluding hydrogens is 796 g/mol. The van der Waals surface area contributed by atoms with Gasteiger partial charge < -0.3 is 25.2 Å². The zero-order valence-electron chi connectivity index (χ0n) is 36.2. The average molecular weight is 856 g/mol. The summed E-state index contributed by atoms with van der Waals surface area (Å²) in [5, 5.41) is 17.9. The smallest absolute Gasteiger partial charge is 0.329 e. The van der Waals surface area contributed by atoms with Crippen molar-refractivity contribution in [1.29, 1.82) is 0 Å². The molecule has 3 N–H and O–H groups in total. The van der Waals surface area contributed by atoms with Gasteiger partial charge >= 0.3 is 5.97 Å². The highest BCUT2D eigenvalue weighted by atomic mass is 35.5. The number of benzene rings is 3. The molecule has 0 saturated heterocycles. The molecule has 4 atom stereocenters.